The molecule has 1 amide bonds. The lowest BCUT2D eigenvalue weighted by molar-refractivity contribution is -0.147. The number of fused-ring (bicyclic) bond motifs is 1. The Kier molecular flexibility index (Phi) is 6.97. The van der Waals surface area contributed by atoms with Crippen molar-refractivity contribution in [3.63, 3.8) is 0 Å². The summed E-state index contributed by atoms with van der Waals surface area (Å²) in [4.78, 5) is 41.1. The Balaban J connectivity index is 1.65. The van der Waals surface area contributed by atoms with Crippen LogP contribution in [0.1, 0.15) is 43.6 Å². The molecule has 174 valence electrons. The number of amidine groups is 1. The highest BCUT2D eigenvalue weighted by atomic mass is 32.2. The molecule has 0 aromatic heterocycles. The zero-order chi connectivity index (χ0) is 24.3. The Labute approximate surface area is 192 Å². The Morgan fingerprint density at radius 1 is 0.970 bits per heavy atom. The monoisotopic (exact) mass is 471 g/mol. The number of carbonyl (C=O) groups excluding carboxylic acids is 3. The molecule has 10 heteroatoms. The first-order valence-corrected chi connectivity index (χ1v) is 11.8. The van der Waals surface area contributed by atoms with E-state index in [9.17, 15) is 22.8 Å². The molecule has 1 aliphatic heterocycles. The molecule has 0 saturated heterocycles. The third-order valence-electron chi connectivity index (χ3n) is 4.95. The maximum Gasteiger partial charge on any atom is 0.331 e. The van der Waals surface area contributed by atoms with Gasteiger partial charge in [-0.1, -0.05) is 26.0 Å². The van der Waals surface area contributed by atoms with Crippen LogP contribution in [-0.4, -0.2) is 44.1 Å². The third kappa shape index (κ3) is 5.46. The van der Waals surface area contributed by atoms with Crippen LogP contribution in [0.2, 0.25) is 0 Å². The number of aliphatic imine (C=N–C) groups is 1. The fraction of sp³-hybridized carbons (Fsp3) is 0.304. The van der Waals surface area contributed by atoms with E-state index in [4.69, 9.17) is 4.74 Å². The van der Waals surface area contributed by atoms with Gasteiger partial charge in [0.05, 0.1) is 4.90 Å². The summed E-state index contributed by atoms with van der Waals surface area (Å²) in [7, 11) is -3.73. The van der Waals surface area contributed by atoms with Crippen LogP contribution in [0.4, 0.5) is 5.69 Å². The molecular formula is C23H25N3O6S. The van der Waals surface area contributed by atoms with Crippen LogP contribution in [0.5, 0.6) is 0 Å². The molecular weight excluding hydrogens is 446 g/mol. The predicted molar refractivity (Wildman–Crippen MR) is 123 cm³/mol. The van der Waals surface area contributed by atoms with Crippen LogP contribution in [0.25, 0.3) is 0 Å². The smallest absolute Gasteiger partial charge is 0.331 e. The van der Waals surface area contributed by atoms with Gasteiger partial charge in [-0.05, 0) is 50.2 Å². The van der Waals surface area contributed by atoms with Gasteiger partial charge in [-0.3, -0.25) is 19.3 Å². The van der Waals surface area contributed by atoms with Crippen molar-refractivity contribution in [1.29, 1.82) is 0 Å². The van der Waals surface area contributed by atoms with E-state index < -0.39 is 33.9 Å². The normalized spacial score (nSPS) is 17.1. The zero-order valence-electron chi connectivity index (χ0n) is 18.7. The number of nitrogens with one attached hydrogen (secondary N) is 2. The quantitative estimate of drug-likeness (QED) is 0.471. The molecule has 1 aliphatic rings. The lowest BCUT2D eigenvalue weighted by Gasteiger charge is -2.15. The van der Waals surface area contributed by atoms with Gasteiger partial charge in [0.25, 0.3) is 10.0 Å². The molecule has 0 radical (unpaired) electrons. The van der Waals surface area contributed by atoms with Crippen LogP contribution >= 0.6 is 0 Å². The predicted octanol–water partition coefficient (Wildman–Crippen LogP) is 2.52. The van der Waals surface area contributed by atoms with Gasteiger partial charge in [0, 0.05) is 22.7 Å². The number of hydrogen-bond acceptors (Lipinski definition) is 7. The van der Waals surface area contributed by atoms with Gasteiger partial charge in [0.2, 0.25) is 11.7 Å². The van der Waals surface area contributed by atoms with Crippen LogP contribution in [0.3, 0.4) is 0 Å². The number of rotatable bonds is 7. The highest BCUT2D eigenvalue weighted by Crippen LogP contribution is 2.23. The van der Waals surface area contributed by atoms with E-state index in [0.29, 0.717) is 16.8 Å². The van der Waals surface area contributed by atoms with Gasteiger partial charge in [0.1, 0.15) is 11.9 Å². The molecule has 33 heavy (non-hydrogen) atoms. The van der Waals surface area contributed by atoms with Crippen LogP contribution in [0.15, 0.2) is 58.4 Å². The Hall–Kier alpha value is -3.53. The minimum atomic E-state index is -3.73. The average molecular weight is 472 g/mol. The van der Waals surface area contributed by atoms with E-state index in [-0.39, 0.29) is 22.6 Å². The van der Waals surface area contributed by atoms with Crippen molar-refractivity contribution < 1.29 is 27.5 Å². The fourth-order valence-electron chi connectivity index (χ4n) is 3.04. The highest BCUT2D eigenvalue weighted by molar-refractivity contribution is 7.90. The summed E-state index contributed by atoms with van der Waals surface area (Å²) in [6.45, 7) is 6.45. The number of sulfonamides is 1. The van der Waals surface area contributed by atoms with E-state index in [1.54, 1.807) is 44.2 Å². The Bertz CT molecular complexity index is 1220. The standard InChI is InChI=1S/C23H25N3O6S/c1-13(2)22(28)25-17-11-9-16(10-12-17)20(27)15(4)32-23(29)14(3)24-21-18-7-5-6-8-19(18)33(30,31)26-21/h5-15H,1-4H3,(H,24,26)(H,25,28)/t14-,15?/m0/s1. The van der Waals surface area contributed by atoms with Gasteiger partial charge in [-0.15, -0.1) is 0 Å². The molecule has 2 aromatic carbocycles. The second-order valence-corrected chi connectivity index (χ2v) is 9.57. The molecule has 2 N–H and O–H groups in total. The van der Waals surface area contributed by atoms with Gasteiger partial charge in [-0.25, -0.2) is 13.2 Å². The number of nitrogens with zero attached hydrogens (tertiary/aromatic N) is 1. The van der Waals surface area contributed by atoms with E-state index >= 15 is 0 Å². The summed E-state index contributed by atoms with van der Waals surface area (Å²) in [5, 5.41) is 2.73. The van der Waals surface area contributed by atoms with Crippen molar-refractivity contribution in [1.82, 2.24) is 4.72 Å². The topological polar surface area (TPSA) is 131 Å². The molecule has 0 fully saturated rings. The second-order valence-electron chi connectivity index (χ2n) is 7.92. The highest BCUT2D eigenvalue weighted by Gasteiger charge is 2.32. The summed E-state index contributed by atoms with van der Waals surface area (Å²) in [6, 6.07) is 11.5. The number of esters is 1. The van der Waals surface area contributed by atoms with Gasteiger partial charge < -0.3 is 10.1 Å². The van der Waals surface area contributed by atoms with Gasteiger partial charge >= 0.3 is 5.97 Å². The largest absolute Gasteiger partial charge is 0.453 e. The summed E-state index contributed by atoms with van der Waals surface area (Å²) in [5.74, 6) is -1.46. The van der Waals surface area contributed by atoms with E-state index in [1.165, 1.54) is 32.0 Å². The van der Waals surface area contributed by atoms with Crippen molar-refractivity contribution in [3.05, 3.63) is 59.7 Å². The van der Waals surface area contributed by atoms with Crippen LogP contribution in [-0.2, 0) is 24.3 Å². The number of ketones is 1. The molecule has 0 spiro atoms. The van der Waals surface area contributed by atoms with Gasteiger partial charge in [-0.2, -0.15) is 0 Å². The second kappa shape index (κ2) is 9.53. The molecule has 1 heterocycles. The number of anilines is 1. The molecule has 9 nitrogen and oxygen atoms in total. The molecule has 0 aliphatic carbocycles. The van der Waals surface area contributed by atoms with Crippen molar-refractivity contribution in [2.75, 3.05) is 5.32 Å². The molecule has 2 atom stereocenters. The Morgan fingerprint density at radius 2 is 1.61 bits per heavy atom. The summed E-state index contributed by atoms with van der Waals surface area (Å²) < 4.78 is 31.9. The minimum absolute atomic E-state index is 0.0491. The summed E-state index contributed by atoms with van der Waals surface area (Å²) >= 11 is 0. The maximum atomic E-state index is 12.6. The number of carbonyl (C=O) groups is 3. The molecule has 3 rings (SSSR count). The summed E-state index contributed by atoms with van der Waals surface area (Å²) in [6.07, 6.45) is -1.08. The lowest BCUT2D eigenvalue weighted by atomic mass is 10.1. The third-order valence-corrected chi connectivity index (χ3v) is 6.35. The summed E-state index contributed by atoms with van der Waals surface area (Å²) in [5.41, 5.74) is 1.24. The molecule has 0 saturated carbocycles. The maximum absolute atomic E-state index is 12.6. The molecule has 0 bridgehead atoms. The fourth-order valence-corrected chi connectivity index (χ4v) is 4.28. The van der Waals surface area contributed by atoms with Crippen molar-refractivity contribution >= 4 is 39.2 Å². The van der Waals surface area contributed by atoms with Gasteiger partial charge in [0.15, 0.2) is 6.10 Å². The number of amides is 1. The number of Topliss-reactive ketones (excluding diaryl/α,β-unsaturated/α-hetero) is 1. The van der Waals surface area contributed by atoms with E-state index in [1.807, 2.05) is 0 Å². The zero-order valence-corrected chi connectivity index (χ0v) is 19.5. The first-order chi connectivity index (χ1) is 15.5. The SMILES string of the molecule is CC(C)C(=O)Nc1ccc(C(=O)C(C)OC(=O)[C@H](C)N=C2NS(=O)(=O)c3ccccc32)cc1. The van der Waals surface area contributed by atoms with Crippen LogP contribution in [0, 0.1) is 5.92 Å². The minimum Gasteiger partial charge on any atom is -0.453 e. The van der Waals surface area contributed by atoms with Crippen molar-refractivity contribution in [2.45, 2.75) is 44.7 Å². The van der Waals surface area contributed by atoms with E-state index in [0.717, 1.165) is 0 Å². The van der Waals surface area contributed by atoms with Crippen molar-refractivity contribution in [2.24, 2.45) is 10.9 Å². The van der Waals surface area contributed by atoms with E-state index in [2.05, 4.69) is 15.0 Å². The first-order valence-electron chi connectivity index (χ1n) is 10.3. The van der Waals surface area contributed by atoms with Crippen LogP contribution < -0.4 is 10.0 Å². The van der Waals surface area contributed by atoms with Crippen molar-refractivity contribution in [3.8, 4) is 0 Å². The average Bonchev–Trinajstić information content (AvgIpc) is 3.03. The molecule has 1 unspecified atom stereocenters. The number of ether oxygens (including phenoxy) is 1. The lowest BCUT2D eigenvalue weighted by Crippen LogP contribution is -2.31. The Morgan fingerprint density at radius 3 is 2.24 bits per heavy atom. The number of benzene rings is 2. The first kappa shape index (κ1) is 24.1. The number of hydrogen-bond donors (Lipinski definition) is 2. The molecule has 2 aromatic rings.